The molecule has 98 valence electrons. The lowest BCUT2D eigenvalue weighted by Gasteiger charge is -2.06. The summed E-state index contributed by atoms with van der Waals surface area (Å²) in [5, 5.41) is 2.63. The van der Waals surface area contributed by atoms with Crippen molar-refractivity contribution in [1.29, 1.82) is 0 Å². The number of carbonyl (C=O) groups is 1. The third kappa shape index (κ3) is 3.48. The first kappa shape index (κ1) is 13.4. The van der Waals surface area contributed by atoms with Crippen molar-refractivity contribution in [2.24, 2.45) is 0 Å². The third-order valence-electron chi connectivity index (χ3n) is 2.39. The molecule has 3 nitrogen and oxygen atoms in total. The topological polar surface area (TPSA) is 42.0 Å². The molecule has 0 saturated carbocycles. The SMILES string of the molecule is O=C(NCc1cc(F)ccc1F)c1cccc(Cl)n1. The number of halogens is 3. The molecule has 6 heteroatoms. The lowest BCUT2D eigenvalue weighted by molar-refractivity contribution is 0.0945. The number of hydrogen-bond acceptors (Lipinski definition) is 2. The van der Waals surface area contributed by atoms with Crippen molar-refractivity contribution < 1.29 is 13.6 Å². The Morgan fingerprint density at radius 2 is 2.05 bits per heavy atom. The molecule has 0 aliphatic rings. The first-order valence-corrected chi connectivity index (χ1v) is 5.79. The fraction of sp³-hybridized carbons (Fsp3) is 0.0769. The molecule has 0 aliphatic heterocycles. The van der Waals surface area contributed by atoms with Crippen LogP contribution in [-0.4, -0.2) is 10.9 Å². The molecule has 0 unspecified atom stereocenters. The zero-order chi connectivity index (χ0) is 13.8. The summed E-state index contributed by atoms with van der Waals surface area (Å²) >= 11 is 5.65. The van der Waals surface area contributed by atoms with Crippen molar-refractivity contribution in [1.82, 2.24) is 10.3 Å². The molecule has 0 spiro atoms. The van der Waals surface area contributed by atoms with Gasteiger partial charge in [-0.1, -0.05) is 17.7 Å². The summed E-state index contributed by atoms with van der Waals surface area (Å²) in [5.74, 6) is -1.65. The summed E-state index contributed by atoms with van der Waals surface area (Å²) in [7, 11) is 0. The molecular formula is C13H9ClF2N2O. The fourth-order valence-electron chi connectivity index (χ4n) is 1.48. The van der Waals surface area contributed by atoms with E-state index in [-0.39, 0.29) is 23.0 Å². The van der Waals surface area contributed by atoms with E-state index in [1.165, 1.54) is 12.1 Å². The number of pyridine rings is 1. The minimum absolute atomic E-state index is 0.0652. The van der Waals surface area contributed by atoms with Crippen LogP contribution in [0.2, 0.25) is 5.15 Å². The van der Waals surface area contributed by atoms with Gasteiger partial charge in [-0.05, 0) is 30.3 Å². The van der Waals surface area contributed by atoms with Crippen molar-refractivity contribution in [2.75, 3.05) is 0 Å². The largest absolute Gasteiger partial charge is 0.347 e. The zero-order valence-corrected chi connectivity index (χ0v) is 10.4. The smallest absolute Gasteiger partial charge is 0.270 e. The summed E-state index contributed by atoms with van der Waals surface area (Å²) in [6.45, 7) is -0.128. The van der Waals surface area contributed by atoms with E-state index in [0.717, 1.165) is 18.2 Å². The number of rotatable bonds is 3. The summed E-state index contributed by atoms with van der Waals surface area (Å²) < 4.78 is 26.3. The van der Waals surface area contributed by atoms with Crippen molar-refractivity contribution in [3.63, 3.8) is 0 Å². The van der Waals surface area contributed by atoms with Gasteiger partial charge in [-0.3, -0.25) is 4.79 Å². The number of benzene rings is 1. The predicted octanol–water partition coefficient (Wildman–Crippen LogP) is 2.94. The minimum atomic E-state index is -0.583. The fourth-order valence-corrected chi connectivity index (χ4v) is 1.64. The van der Waals surface area contributed by atoms with Crippen LogP contribution in [0.4, 0.5) is 8.78 Å². The number of nitrogens with one attached hydrogen (secondary N) is 1. The number of aromatic nitrogens is 1. The Bertz CT molecular complexity index is 619. The molecule has 2 aromatic rings. The van der Waals surface area contributed by atoms with Gasteiger partial charge >= 0.3 is 0 Å². The maximum Gasteiger partial charge on any atom is 0.270 e. The zero-order valence-electron chi connectivity index (χ0n) is 9.66. The Morgan fingerprint density at radius 3 is 2.79 bits per heavy atom. The monoisotopic (exact) mass is 282 g/mol. The lowest BCUT2D eigenvalue weighted by Crippen LogP contribution is -2.24. The highest BCUT2D eigenvalue weighted by atomic mass is 35.5. The Hall–Kier alpha value is -2.01. The maximum atomic E-state index is 13.3. The molecule has 0 fully saturated rings. The van der Waals surface area contributed by atoms with Gasteiger partial charge in [0, 0.05) is 12.1 Å². The van der Waals surface area contributed by atoms with Crippen LogP contribution in [0, 0.1) is 11.6 Å². The van der Waals surface area contributed by atoms with Gasteiger partial charge in [-0.15, -0.1) is 0 Å². The van der Waals surface area contributed by atoms with E-state index in [4.69, 9.17) is 11.6 Å². The van der Waals surface area contributed by atoms with Gasteiger partial charge < -0.3 is 5.32 Å². The average Bonchev–Trinajstić information content (AvgIpc) is 2.39. The van der Waals surface area contributed by atoms with Crippen LogP contribution in [0.5, 0.6) is 0 Å². The molecule has 0 saturated heterocycles. The standard InChI is InChI=1S/C13H9ClF2N2O/c14-12-3-1-2-11(18-12)13(19)17-7-8-6-9(15)4-5-10(8)16/h1-6H,7H2,(H,17,19). The molecule has 19 heavy (non-hydrogen) atoms. The van der Waals surface area contributed by atoms with Crippen molar-refractivity contribution >= 4 is 17.5 Å². The normalized spacial score (nSPS) is 10.3. The van der Waals surface area contributed by atoms with E-state index in [2.05, 4.69) is 10.3 Å². The lowest BCUT2D eigenvalue weighted by atomic mass is 10.2. The van der Waals surface area contributed by atoms with Gasteiger partial charge in [0.2, 0.25) is 0 Å². The van der Waals surface area contributed by atoms with Crippen molar-refractivity contribution in [2.45, 2.75) is 6.54 Å². The highest BCUT2D eigenvalue weighted by Crippen LogP contribution is 2.10. The van der Waals surface area contributed by atoms with Crippen molar-refractivity contribution in [3.8, 4) is 0 Å². The van der Waals surface area contributed by atoms with Crippen LogP contribution in [0.3, 0.4) is 0 Å². The van der Waals surface area contributed by atoms with E-state index < -0.39 is 17.5 Å². The molecule has 1 N–H and O–H groups in total. The molecule has 1 aromatic heterocycles. The molecule has 2 rings (SSSR count). The first-order valence-electron chi connectivity index (χ1n) is 5.41. The van der Waals surface area contributed by atoms with Gasteiger partial charge in [0.05, 0.1) is 0 Å². The molecule has 1 aromatic carbocycles. The molecule has 1 heterocycles. The van der Waals surface area contributed by atoms with Crippen molar-refractivity contribution in [3.05, 3.63) is 64.4 Å². The van der Waals surface area contributed by atoms with E-state index in [0.29, 0.717) is 0 Å². The van der Waals surface area contributed by atoms with Crippen LogP contribution >= 0.6 is 11.6 Å². The maximum absolute atomic E-state index is 13.3. The quantitative estimate of drug-likeness (QED) is 0.880. The molecular weight excluding hydrogens is 274 g/mol. The summed E-state index contributed by atoms with van der Waals surface area (Å²) in [4.78, 5) is 15.5. The number of nitrogens with zero attached hydrogens (tertiary/aromatic N) is 1. The second kappa shape index (κ2) is 5.75. The highest BCUT2D eigenvalue weighted by Gasteiger charge is 2.09. The second-order valence-corrected chi connectivity index (χ2v) is 4.15. The third-order valence-corrected chi connectivity index (χ3v) is 2.61. The summed E-state index contributed by atoms with van der Waals surface area (Å²) in [6, 6.07) is 7.63. The highest BCUT2D eigenvalue weighted by molar-refractivity contribution is 6.29. The Labute approximate surface area is 113 Å². The number of carbonyl (C=O) groups excluding carboxylic acids is 1. The Balaban J connectivity index is 2.06. The van der Waals surface area contributed by atoms with E-state index in [1.54, 1.807) is 6.07 Å². The second-order valence-electron chi connectivity index (χ2n) is 3.76. The van der Waals surface area contributed by atoms with Gasteiger partial charge in [0.1, 0.15) is 22.5 Å². The first-order chi connectivity index (χ1) is 9.06. The number of amides is 1. The van der Waals surface area contributed by atoms with E-state index in [9.17, 15) is 13.6 Å². The van der Waals surface area contributed by atoms with Gasteiger partial charge in [-0.25, -0.2) is 13.8 Å². The molecule has 0 radical (unpaired) electrons. The molecule has 0 atom stereocenters. The summed E-state index contributed by atoms with van der Waals surface area (Å²) in [5.41, 5.74) is 0.180. The summed E-state index contributed by atoms with van der Waals surface area (Å²) in [6.07, 6.45) is 0. The Kier molecular flexibility index (Phi) is 4.06. The van der Waals surface area contributed by atoms with Gasteiger partial charge in [0.15, 0.2) is 0 Å². The van der Waals surface area contributed by atoms with Gasteiger partial charge in [0.25, 0.3) is 5.91 Å². The number of hydrogen-bond donors (Lipinski definition) is 1. The average molecular weight is 283 g/mol. The van der Waals surface area contributed by atoms with E-state index >= 15 is 0 Å². The van der Waals surface area contributed by atoms with Crippen LogP contribution < -0.4 is 5.32 Å². The Morgan fingerprint density at radius 1 is 1.26 bits per heavy atom. The molecule has 0 aliphatic carbocycles. The van der Waals surface area contributed by atoms with Crippen LogP contribution in [-0.2, 0) is 6.54 Å². The van der Waals surface area contributed by atoms with Crippen LogP contribution in [0.1, 0.15) is 16.1 Å². The van der Waals surface area contributed by atoms with Gasteiger partial charge in [-0.2, -0.15) is 0 Å². The van der Waals surface area contributed by atoms with E-state index in [1.807, 2.05) is 0 Å². The predicted molar refractivity (Wildman–Crippen MR) is 66.8 cm³/mol. The van der Waals surface area contributed by atoms with Crippen LogP contribution in [0.25, 0.3) is 0 Å². The minimum Gasteiger partial charge on any atom is -0.347 e. The van der Waals surface area contributed by atoms with Crippen LogP contribution in [0.15, 0.2) is 36.4 Å². The molecule has 1 amide bonds. The molecule has 0 bridgehead atoms.